The SMILES string of the molecule is CCCCc1nc2c(NC=C3C(=O)OC(C)(C)OC3=O)cccc2o1. The molecule has 0 aliphatic carbocycles. The van der Waals surface area contributed by atoms with Gasteiger partial charge < -0.3 is 19.2 Å². The van der Waals surface area contributed by atoms with Crippen molar-refractivity contribution in [3.63, 3.8) is 0 Å². The van der Waals surface area contributed by atoms with E-state index in [-0.39, 0.29) is 5.57 Å². The van der Waals surface area contributed by atoms with E-state index in [9.17, 15) is 9.59 Å². The third-order valence-corrected chi connectivity index (χ3v) is 3.70. The number of para-hydroxylation sites is 1. The molecular formula is C18H20N2O5. The van der Waals surface area contributed by atoms with Gasteiger partial charge in [-0.05, 0) is 18.6 Å². The molecule has 7 nitrogen and oxygen atoms in total. The summed E-state index contributed by atoms with van der Waals surface area (Å²) in [5.41, 5.74) is 1.71. The minimum Gasteiger partial charge on any atom is -0.441 e. The molecule has 2 heterocycles. The van der Waals surface area contributed by atoms with E-state index in [4.69, 9.17) is 13.9 Å². The molecule has 0 saturated carbocycles. The van der Waals surface area contributed by atoms with E-state index in [2.05, 4.69) is 17.2 Å². The lowest BCUT2D eigenvalue weighted by atomic mass is 10.2. The lowest BCUT2D eigenvalue weighted by molar-refractivity contribution is -0.222. The summed E-state index contributed by atoms with van der Waals surface area (Å²) < 4.78 is 15.8. The molecule has 0 radical (unpaired) electrons. The number of benzene rings is 1. The molecule has 1 aromatic carbocycles. The fourth-order valence-electron chi connectivity index (χ4n) is 2.47. The van der Waals surface area contributed by atoms with Crippen LogP contribution < -0.4 is 5.32 Å². The van der Waals surface area contributed by atoms with Crippen molar-refractivity contribution in [1.29, 1.82) is 0 Å². The summed E-state index contributed by atoms with van der Waals surface area (Å²) in [7, 11) is 0. The van der Waals surface area contributed by atoms with Gasteiger partial charge in [-0.15, -0.1) is 0 Å². The Bertz CT molecular complexity index is 828. The quantitative estimate of drug-likeness (QED) is 0.505. The molecule has 7 heteroatoms. The Hall–Kier alpha value is -2.83. The van der Waals surface area contributed by atoms with Gasteiger partial charge >= 0.3 is 11.9 Å². The smallest absolute Gasteiger partial charge is 0.350 e. The van der Waals surface area contributed by atoms with Gasteiger partial charge in [0.25, 0.3) is 5.79 Å². The van der Waals surface area contributed by atoms with E-state index < -0.39 is 17.7 Å². The number of rotatable bonds is 5. The molecule has 1 aliphatic rings. The van der Waals surface area contributed by atoms with Gasteiger partial charge in [-0.25, -0.2) is 14.6 Å². The average Bonchev–Trinajstić information content (AvgIpc) is 2.94. The maximum absolute atomic E-state index is 12.0. The van der Waals surface area contributed by atoms with Crippen LogP contribution in [0.4, 0.5) is 5.69 Å². The summed E-state index contributed by atoms with van der Waals surface area (Å²) in [5, 5.41) is 2.93. The van der Waals surface area contributed by atoms with Crippen LogP contribution in [0.1, 0.15) is 39.5 Å². The molecule has 0 spiro atoms. The molecule has 1 N–H and O–H groups in total. The van der Waals surface area contributed by atoms with Gasteiger partial charge in [-0.1, -0.05) is 19.4 Å². The minimum atomic E-state index is -1.26. The Morgan fingerprint density at radius 2 is 1.92 bits per heavy atom. The first kappa shape index (κ1) is 17.0. The van der Waals surface area contributed by atoms with Crippen LogP contribution in [0.2, 0.25) is 0 Å². The highest BCUT2D eigenvalue weighted by Gasteiger charge is 2.38. The zero-order valence-electron chi connectivity index (χ0n) is 14.4. The standard InChI is InChI=1S/C18H20N2O5/c1-4-5-9-14-20-15-12(7-6-8-13(15)23-14)19-10-11-16(21)24-18(2,3)25-17(11)22/h6-8,10,19H,4-5,9H2,1-3H3. The van der Waals surface area contributed by atoms with Crippen molar-refractivity contribution in [3.05, 3.63) is 35.9 Å². The summed E-state index contributed by atoms with van der Waals surface area (Å²) in [5.74, 6) is -2.06. The molecule has 1 aliphatic heterocycles. The summed E-state index contributed by atoms with van der Waals surface area (Å²) in [6, 6.07) is 5.41. The number of cyclic esters (lactones) is 2. The number of anilines is 1. The number of nitrogens with zero attached hydrogens (tertiary/aromatic N) is 1. The third-order valence-electron chi connectivity index (χ3n) is 3.70. The van der Waals surface area contributed by atoms with Gasteiger partial charge in [0, 0.05) is 26.5 Å². The molecule has 2 aromatic rings. The molecular weight excluding hydrogens is 324 g/mol. The molecule has 25 heavy (non-hydrogen) atoms. The Balaban J connectivity index is 1.84. The van der Waals surface area contributed by atoms with Crippen molar-refractivity contribution in [2.75, 3.05) is 5.32 Å². The minimum absolute atomic E-state index is 0.203. The number of carbonyl (C=O) groups is 2. The van der Waals surface area contributed by atoms with Crippen molar-refractivity contribution in [2.45, 2.75) is 45.8 Å². The van der Waals surface area contributed by atoms with E-state index >= 15 is 0 Å². The fraction of sp³-hybridized carbons (Fsp3) is 0.389. The first-order chi connectivity index (χ1) is 11.9. The second kappa shape index (κ2) is 6.58. The van der Waals surface area contributed by atoms with Gasteiger partial charge in [0.05, 0.1) is 5.69 Å². The maximum atomic E-state index is 12.0. The topological polar surface area (TPSA) is 90.7 Å². The highest BCUT2D eigenvalue weighted by Crippen LogP contribution is 2.26. The van der Waals surface area contributed by atoms with Gasteiger partial charge in [0.1, 0.15) is 5.52 Å². The van der Waals surface area contributed by atoms with Crippen LogP contribution in [0, 0.1) is 0 Å². The number of fused-ring (bicyclic) bond motifs is 1. The molecule has 1 aromatic heterocycles. The molecule has 3 rings (SSSR count). The van der Waals surface area contributed by atoms with E-state index in [1.54, 1.807) is 12.1 Å². The summed E-state index contributed by atoms with van der Waals surface area (Å²) in [6.45, 7) is 5.10. The third kappa shape index (κ3) is 3.65. The van der Waals surface area contributed by atoms with Crippen LogP contribution in [0.3, 0.4) is 0 Å². The molecule has 0 amide bonds. The highest BCUT2D eigenvalue weighted by molar-refractivity contribution is 6.15. The largest absolute Gasteiger partial charge is 0.441 e. The Kier molecular flexibility index (Phi) is 4.48. The van der Waals surface area contributed by atoms with Gasteiger partial charge in [0.2, 0.25) is 0 Å². The summed E-state index contributed by atoms with van der Waals surface area (Å²) in [6.07, 6.45) is 4.08. The lowest BCUT2D eigenvalue weighted by Gasteiger charge is -2.29. The van der Waals surface area contributed by atoms with E-state index in [1.165, 1.54) is 20.0 Å². The average molecular weight is 344 g/mol. The van der Waals surface area contributed by atoms with Crippen LogP contribution >= 0.6 is 0 Å². The van der Waals surface area contributed by atoms with Crippen molar-refractivity contribution < 1.29 is 23.5 Å². The van der Waals surface area contributed by atoms with Crippen molar-refractivity contribution in [3.8, 4) is 0 Å². The summed E-state index contributed by atoms with van der Waals surface area (Å²) >= 11 is 0. The summed E-state index contributed by atoms with van der Waals surface area (Å²) in [4.78, 5) is 28.4. The predicted octanol–water partition coefficient (Wildman–Crippen LogP) is 3.30. The molecule has 132 valence electrons. The number of aryl methyl sites for hydroxylation is 1. The van der Waals surface area contributed by atoms with Crippen LogP contribution in [-0.4, -0.2) is 22.7 Å². The number of nitrogens with one attached hydrogen (secondary N) is 1. The first-order valence-electron chi connectivity index (χ1n) is 8.21. The van der Waals surface area contributed by atoms with Crippen LogP contribution in [0.25, 0.3) is 11.1 Å². The van der Waals surface area contributed by atoms with Crippen LogP contribution in [0.15, 0.2) is 34.4 Å². The van der Waals surface area contributed by atoms with Crippen LogP contribution in [0.5, 0.6) is 0 Å². The monoisotopic (exact) mass is 344 g/mol. The zero-order chi connectivity index (χ0) is 18.0. The molecule has 1 fully saturated rings. The predicted molar refractivity (Wildman–Crippen MR) is 90.6 cm³/mol. The maximum Gasteiger partial charge on any atom is 0.350 e. The van der Waals surface area contributed by atoms with Gasteiger partial charge in [0.15, 0.2) is 17.0 Å². The number of aromatic nitrogens is 1. The highest BCUT2D eigenvalue weighted by atomic mass is 16.7. The number of ether oxygens (including phenoxy) is 2. The Labute approximate surface area is 145 Å². The Morgan fingerprint density at radius 3 is 2.60 bits per heavy atom. The molecule has 0 atom stereocenters. The van der Waals surface area contributed by atoms with Crippen molar-refractivity contribution in [1.82, 2.24) is 4.98 Å². The van der Waals surface area contributed by atoms with E-state index in [0.29, 0.717) is 22.7 Å². The number of unbranched alkanes of at least 4 members (excludes halogenated alkanes) is 1. The zero-order valence-corrected chi connectivity index (χ0v) is 14.4. The number of carbonyl (C=O) groups excluding carboxylic acids is 2. The normalized spacial score (nSPS) is 16.5. The molecule has 0 unspecified atom stereocenters. The van der Waals surface area contributed by atoms with Gasteiger partial charge in [-0.3, -0.25) is 0 Å². The first-order valence-corrected chi connectivity index (χ1v) is 8.21. The van der Waals surface area contributed by atoms with Crippen molar-refractivity contribution in [2.24, 2.45) is 0 Å². The van der Waals surface area contributed by atoms with Gasteiger partial charge in [-0.2, -0.15) is 0 Å². The number of hydrogen-bond donors (Lipinski definition) is 1. The van der Waals surface area contributed by atoms with E-state index in [1.807, 2.05) is 6.07 Å². The molecule has 0 bridgehead atoms. The van der Waals surface area contributed by atoms with Crippen molar-refractivity contribution >= 4 is 28.7 Å². The number of oxazole rings is 1. The number of hydrogen-bond acceptors (Lipinski definition) is 7. The molecule has 1 saturated heterocycles. The second-order valence-electron chi connectivity index (χ2n) is 6.24. The lowest BCUT2D eigenvalue weighted by Crippen LogP contribution is -2.42. The second-order valence-corrected chi connectivity index (χ2v) is 6.24. The Morgan fingerprint density at radius 1 is 1.20 bits per heavy atom. The van der Waals surface area contributed by atoms with Crippen LogP contribution in [-0.2, 0) is 25.5 Å². The fourth-order valence-corrected chi connectivity index (χ4v) is 2.47. The van der Waals surface area contributed by atoms with E-state index in [0.717, 1.165) is 19.3 Å². The number of esters is 2.